The maximum Gasteiger partial charge on any atom is 0.122 e. The zero-order valence-corrected chi connectivity index (χ0v) is 12.3. The van der Waals surface area contributed by atoms with Crippen molar-refractivity contribution in [1.29, 1.82) is 0 Å². The van der Waals surface area contributed by atoms with Crippen LogP contribution in [0.5, 0.6) is 11.5 Å². The van der Waals surface area contributed by atoms with Crippen molar-refractivity contribution < 1.29 is 14.9 Å². The van der Waals surface area contributed by atoms with E-state index in [4.69, 9.17) is 4.74 Å². The average molecular weight is 272 g/mol. The molecule has 0 aliphatic rings. The number of ether oxygens (including phenoxy) is 1. The molecule has 0 bridgehead atoms. The van der Waals surface area contributed by atoms with E-state index < -0.39 is 5.60 Å². The molecule has 0 amide bonds. The van der Waals surface area contributed by atoms with Crippen LogP contribution in [0.3, 0.4) is 0 Å². The molecule has 0 fully saturated rings. The van der Waals surface area contributed by atoms with Crippen LogP contribution < -0.4 is 4.74 Å². The molecular formula is C17H20O3. The second-order valence-corrected chi connectivity index (χ2v) is 5.26. The van der Waals surface area contributed by atoms with Crippen molar-refractivity contribution >= 4 is 0 Å². The smallest absolute Gasteiger partial charge is 0.122 e. The molecule has 0 saturated carbocycles. The van der Waals surface area contributed by atoms with Gasteiger partial charge in [-0.1, -0.05) is 12.1 Å². The molecule has 3 nitrogen and oxygen atoms in total. The first-order chi connectivity index (χ1) is 9.36. The van der Waals surface area contributed by atoms with Crippen molar-refractivity contribution in [2.24, 2.45) is 0 Å². The molecule has 0 saturated heterocycles. The standard InChI is InChI=1S/C17H20O3/c1-11-10-16(20-4)12(2)9-15(11)17(3,19)13-5-7-14(18)8-6-13/h5-10,18-19H,1-4H3. The zero-order chi connectivity index (χ0) is 14.9. The van der Waals surface area contributed by atoms with Crippen LogP contribution in [0.4, 0.5) is 0 Å². The normalized spacial score (nSPS) is 13.8. The van der Waals surface area contributed by atoms with Crippen molar-refractivity contribution in [2.45, 2.75) is 26.4 Å². The number of phenols is 1. The topological polar surface area (TPSA) is 49.7 Å². The van der Waals surface area contributed by atoms with Crippen LogP contribution in [0.15, 0.2) is 36.4 Å². The van der Waals surface area contributed by atoms with Gasteiger partial charge in [0.05, 0.1) is 7.11 Å². The Hall–Kier alpha value is -2.00. The molecule has 0 aromatic heterocycles. The molecule has 2 aromatic rings. The van der Waals surface area contributed by atoms with Crippen LogP contribution in [-0.4, -0.2) is 17.3 Å². The summed E-state index contributed by atoms with van der Waals surface area (Å²) in [5.74, 6) is 1.000. The van der Waals surface area contributed by atoms with Gasteiger partial charge < -0.3 is 14.9 Å². The van der Waals surface area contributed by atoms with E-state index in [1.807, 2.05) is 26.0 Å². The van der Waals surface area contributed by atoms with Gasteiger partial charge in [-0.2, -0.15) is 0 Å². The third kappa shape index (κ3) is 2.49. The van der Waals surface area contributed by atoms with E-state index in [-0.39, 0.29) is 5.75 Å². The summed E-state index contributed by atoms with van der Waals surface area (Å²) in [4.78, 5) is 0. The molecule has 1 atom stereocenters. The van der Waals surface area contributed by atoms with Gasteiger partial charge in [-0.3, -0.25) is 0 Å². The van der Waals surface area contributed by atoms with E-state index in [0.29, 0.717) is 0 Å². The minimum atomic E-state index is -1.12. The summed E-state index contributed by atoms with van der Waals surface area (Å²) in [5, 5.41) is 20.3. The molecule has 0 aliphatic heterocycles. The van der Waals surface area contributed by atoms with E-state index in [0.717, 1.165) is 28.0 Å². The molecule has 2 N–H and O–H groups in total. The Bertz CT molecular complexity index is 613. The lowest BCUT2D eigenvalue weighted by Gasteiger charge is -2.27. The number of rotatable bonds is 3. The number of hydrogen-bond acceptors (Lipinski definition) is 3. The molecular weight excluding hydrogens is 252 g/mol. The third-order valence-corrected chi connectivity index (χ3v) is 3.70. The van der Waals surface area contributed by atoms with E-state index in [1.165, 1.54) is 0 Å². The van der Waals surface area contributed by atoms with Crippen LogP contribution >= 0.6 is 0 Å². The summed E-state index contributed by atoms with van der Waals surface area (Å²) < 4.78 is 5.30. The Morgan fingerprint density at radius 1 is 1.00 bits per heavy atom. The van der Waals surface area contributed by atoms with Crippen molar-refractivity contribution in [3.63, 3.8) is 0 Å². The Morgan fingerprint density at radius 2 is 1.60 bits per heavy atom. The number of methoxy groups -OCH3 is 1. The molecule has 0 aliphatic carbocycles. The van der Waals surface area contributed by atoms with Crippen LogP contribution in [-0.2, 0) is 5.60 Å². The summed E-state index contributed by atoms with van der Waals surface area (Å²) in [6.45, 7) is 5.66. The highest BCUT2D eigenvalue weighted by Gasteiger charge is 2.28. The maximum absolute atomic E-state index is 10.9. The average Bonchev–Trinajstić information content (AvgIpc) is 2.41. The Morgan fingerprint density at radius 3 is 2.15 bits per heavy atom. The predicted molar refractivity (Wildman–Crippen MR) is 79.2 cm³/mol. The number of aliphatic hydroxyl groups is 1. The zero-order valence-electron chi connectivity index (χ0n) is 12.3. The number of benzene rings is 2. The first-order valence-corrected chi connectivity index (χ1v) is 6.54. The van der Waals surface area contributed by atoms with Crippen molar-refractivity contribution in [2.75, 3.05) is 7.11 Å². The summed E-state index contributed by atoms with van der Waals surface area (Å²) >= 11 is 0. The molecule has 2 aromatic carbocycles. The van der Waals surface area contributed by atoms with Crippen LogP contribution in [0, 0.1) is 13.8 Å². The van der Waals surface area contributed by atoms with E-state index >= 15 is 0 Å². The molecule has 3 heteroatoms. The minimum Gasteiger partial charge on any atom is -0.508 e. The molecule has 2 rings (SSSR count). The van der Waals surface area contributed by atoms with Gasteiger partial charge in [-0.05, 0) is 67.3 Å². The van der Waals surface area contributed by atoms with E-state index in [9.17, 15) is 10.2 Å². The van der Waals surface area contributed by atoms with E-state index in [2.05, 4.69) is 0 Å². The number of aromatic hydroxyl groups is 1. The Labute approximate surface area is 119 Å². The van der Waals surface area contributed by atoms with Gasteiger partial charge in [0, 0.05) is 0 Å². The van der Waals surface area contributed by atoms with Gasteiger partial charge in [0.1, 0.15) is 17.1 Å². The fourth-order valence-corrected chi connectivity index (χ4v) is 2.48. The van der Waals surface area contributed by atoms with Gasteiger partial charge >= 0.3 is 0 Å². The van der Waals surface area contributed by atoms with Crippen molar-refractivity contribution in [3.05, 3.63) is 58.7 Å². The molecule has 1 unspecified atom stereocenters. The Kier molecular flexibility index (Phi) is 3.73. The van der Waals surface area contributed by atoms with Crippen LogP contribution in [0.25, 0.3) is 0 Å². The van der Waals surface area contributed by atoms with Crippen molar-refractivity contribution in [3.8, 4) is 11.5 Å². The predicted octanol–water partition coefficient (Wildman–Crippen LogP) is 3.27. The fourth-order valence-electron chi connectivity index (χ4n) is 2.48. The lowest BCUT2D eigenvalue weighted by atomic mass is 9.84. The fraction of sp³-hybridized carbons (Fsp3) is 0.294. The minimum absolute atomic E-state index is 0.187. The molecule has 0 spiro atoms. The number of phenolic OH excluding ortho intramolecular Hbond substituents is 1. The second kappa shape index (κ2) is 5.17. The molecule has 0 heterocycles. The highest BCUT2D eigenvalue weighted by atomic mass is 16.5. The van der Waals surface area contributed by atoms with E-state index in [1.54, 1.807) is 38.3 Å². The second-order valence-electron chi connectivity index (χ2n) is 5.26. The quantitative estimate of drug-likeness (QED) is 0.901. The SMILES string of the molecule is COc1cc(C)c(C(C)(O)c2ccc(O)cc2)cc1C. The largest absolute Gasteiger partial charge is 0.508 e. The third-order valence-electron chi connectivity index (χ3n) is 3.70. The highest BCUT2D eigenvalue weighted by Crippen LogP contribution is 2.35. The maximum atomic E-state index is 10.9. The lowest BCUT2D eigenvalue weighted by Crippen LogP contribution is -2.24. The van der Waals surface area contributed by atoms with Gasteiger partial charge in [-0.15, -0.1) is 0 Å². The summed E-state index contributed by atoms with van der Waals surface area (Å²) in [6, 6.07) is 10.5. The summed E-state index contributed by atoms with van der Waals surface area (Å²) in [7, 11) is 1.64. The highest BCUT2D eigenvalue weighted by molar-refractivity contribution is 5.47. The number of hydrogen-bond donors (Lipinski definition) is 2. The summed E-state index contributed by atoms with van der Waals surface area (Å²) in [6.07, 6.45) is 0. The monoisotopic (exact) mass is 272 g/mol. The van der Waals surface area contributed by atoms with Gasteiger partial charge in [-0.25, -0.2) is 0 Å². The van der Waals surface area contributed by atoms with Gasteiger partial charge in [0.25, 0.3) is 0 Å². The van der Waals surface area contributed by atoms with Crippen LogP contribution in [0.1, 0.15) is 29.2 Å². The first-order valence-electron chi connectivity index (χ1n) is 6.54. The van der Waals surface area contributed by atoms with Gasteiger partial charge in [0.2, 0.25) is 0 Å². The van der Waals surface area contributed by atoms with Crippen LogP contribution in [0.2, 0.25) is 0 Å². The first kappa shape index (κ1) is 14.4. The lowest BCUT2D eigenvalue weighted by molar-refractivity contribution is 0.101. The molecule has 0 radical (unpaired) electrons. The summed E-state index contributed by atoms with van der Waals surface area (Å²) in [5.41, 5.74) is 2.40. The molecule has 20 heavy (non-hydrogen) atoms. The van der Waals surface area contributed by atoms with Crippen molar-refractivity contribution in [1.82, 2.24) is 0 Å². The Balaban J connectivity index is 2.54. The number of aryl methyl sites for hydroxylation is 2. The van der Waals surface area contributed by atoms with Gasteiger partial charge in [0.15, 0.2) is 0 Å². The molecule has 106 valence electrons.